The van der Waals surface area contributed by atoms with Crippen molar-refractivity contribution in [3.05, 3.63) is 21.5 Å². The summed E-state index contributed by atoms with van der Waals surface area (Å²) in [6, 6.07) is 0. The topological polar surface area (TPSA) is 0 Å². The molecule has 0 saturated carbocycles. The van der Waals surface area contributed by atoms with Crippen LogP contribution in [0.3, 0.4) is 0 Å². The molecule has 0 aromatic carbocycles. The Kier molecular flexibility index (Phi) is 1.21. The first kappa shape index (κ1) is 13.3. The van der Waals surface area contributed by atoms with Crippen LogP contribution in [0, 0.1) is 0 Å². The summed E-state index contributed by atoms with van der Waals surface area (Å²) in [5, 5.41) is 0. The summed E-state index contributed by atoms with van der Waals surface area (Å²) < 4.78 is 10.0. The third-order valence-electron chi connectivity index (χ3n) is 2.74. The predicted octanol–water partition coefficient (Wildman–Crippen LogP) is 6.36. The average molecular weight is 338 g/mol. The van der Waals surface area contributed by atoms with Gasteiger partial charge in [-0.15, -0.1) is 0 Å². The van der Waals surface area contributed by atoms with Crippen LogP contribution in [-0.4, -0.2) is 0 Å². The molecule has 0 N–H and O–H groups in total. The first-order chi connectivity index (χ1) is 5.18. The van der Waals surface area contributed by atoms with Crippen molar-refractivity contribution in [2.75, 3.05) is 0 Å². The molecule has 0 fully saturated rings. The van der Waals surface area contributed by atoms with Crippen molar-refractivity contribution in [1.82, 2.24) is 0 Å². The molecule has 1 aliphatic carbocycles. The molecule has 0 heterocycles. The average Bonchev–Trinajstić information content (AvgIpc) is 1.95. The molecule has 0 unspecified atom stereocenters. The van der Waals surface area contributed by atoms with Crippen LogP contribution in [0.1, 0.15) is 6.42 Å². The molecule has 0 aliphatic heterocycles. The molecule has 4 heteroatoms. The molecular weight excluding hydrogens is 318 g/mol. The van der Waals surface area contributed by atoms with Gasteiger partial charge in [-0.25, -0.2) is 0 Å². The van der Waals surface area contributed by atoms with Crippen LogP contribution in [0.4, 0.5) is 0 Å². The van der Waals surface area contributed by atoms with Gasteiger partial charge in [0.25, 0.3) is 0 Å². The van der Waals surface area contributed by atoms with Gasteiger partial charge in [0, 0.05) is 0 Å². The van der Waals surface area contributed by atoms with Gasteiger partial charge in [-0.3, -0.25) is 0 Å². The van der Waals surface area contributed by atoms with Crippen LogP contribution in [-0.2, 0) is 9.27 Å². The Bertz CT molecular complexity index is 411. The van der Waals surface area contributed by atoms with Gasteiger partial charge < -0.3 is 0 Å². The second kappa shape index (κ2) is 1.27. The third-order valence-corrected chi connectivity index (χ3v) is 17.6. The number of allylic oxidation sites excluding steroid dienone is 4. The van der Waals surface area contributed by atoms with Crippen LogP contribution in [0.5, 0.6) is 0 Å². The molecule has 0 amide bonds. The Morgan fingerprint density at radius 1 is 1.00 bits per heavy atom. The SMILES string of the molecule is [CH3][Zr]([CH3])([CH3])([CH3])([CH3])([Cl])([Cl])([Cl])[C]1=CC=CC1. The molecule has 0 spiro atoms. The van der Waals surface area contributed by atoms with Crippen molar-refractivity contribution < 1.29 is 9.27 Å². The maximum absolute atomic E-state index is 7.00. The Hall–Kier alpha value is 1.23. The predicted molar refractivity (Wildman–Crippen MR) is 68.7 cm³/mol. The molecule has 0 radical (unpaired) electrons. The van der Waals surface area contributed by atoms with E-state index in [9.17, 15) is 0 Å². The Labute approximate surface area is 85.0 Å². The summed E-state index contributed by atoms with van der Waals surface area (Å²) in [7, 11) is 15.0. The van der Waals surface area contributed by atoms with E-state index in [1.54, 1.807) is 0 Å². The van der Waals surface area contributed by atoms with Gasteiger partial charge in [0.15, 0.2) is 0 Å². The fraction of sp³-hybridized carbons (Fsp3) is 0.600. The second-order valence-corrected chi connectivity index (χ2v) is 107. The van der Waals surface area contributed by atoms with Gasteiger partial charge in [-0.05, 0) is 0 Å². The molecule has 14 heavy (non-hydrogen) atoms. The Morgan fingerprint density at radius 3 is 1.57 bits per heavy atom. The van der Waals surface area contributed by atoms with Crippen LogP contribution >= 0.6 is 25.5 Å². The monoisotopic (exact) mass is 335 g/mol. The normalized spacial score (nSPS) is 32.6. The molecule has 0 bridgehead atoms. The molecule has 1 rings (SSSR count). The molecule has 0 saturated heterocycles. The fourth-order valence-electron chi connectivity index (χ4n) is 1.58. The summed E-state index contributed by atoms with van der Waals surface area (Å²) in [6.07, 6.45) is 6.64. The molecule has 0 aromatic rings. The van der Waals surface area contributed by atoms with Crippen molar-refractivity contribution in [1.29, 1.82) is 0 Å². The molecule has 0 atom stereocenters. The zero-order valence-electron chi connectivity index (χ0n) is 9.57. The van der Waals surface area contributed by atoms with E-state index in [2.05, 4.69) is 0 Å². The Morgan fingerprint density at radius 2 is 1.43 bits per heavy atom. The van der Waals surface area contributed by atoms with Gasteiger partial charge >= 0.3 is 85.9 Å². The van der Waals surface area contributed by atoms with Crippen LogP contribution in [0.2, 0.25) is 23.2 Å². The number of hydrogen-bond acceptors (Lipinski definition) is 0. The van der Waals surface area contributed by atoms with E-state index < -0.39 is 9.27 Å². The molecule has 0 aromatic heterocycles. The van der Waals surface area contributed by atoms with Crippen molar-refractivity contribution in [2.45, 2.75) is 29.6 Å². The standard InChI is InChI=1S/C5H5.5CH3.3ClH.Zr/c1-2-4-5-3-1;;;;;;;;;/h1-3H,4H2;5*1H3;3*1H;/q;;;;;;;;;+3/p-3. The van der Waals surface area contributed by atoms with Crippen LogP contribution < -0.4 is 0 Å². The van der Waals surface area contributed by atoms with E-state index in [-0.39, 0.29) is 0 Å². The second-order valence-electron chi connectivity index (χ2n) is 10.9. The number of halogens is 3. The number of hydrogen-bond donors (Lipinski definition) is 0. The summed E-state index contributed by atoms with van der Waals surface area (Å²) in [4.78, 5) is 0. The van der Waals surface area contributed by atoms with Crippen molar-refractivity contribution in [2.24, 2.45) is 0 Å². The van der Waals surface area contributed by atoms with Crippen LogP contribution in [0.25, 0.3) is 0 Å². The molecule has 0 nitrogen and oxygen atoms in total. The van der Waals surface area contributed by atoms with E-state index in [0.717, 1.165) is 9.70 Å². The van der Waals surface area contributed by atoms with Crippen molar-refractivity contribution >= 4 is 25.5 Å². The minimum atomic E-state index is -5.98. The van der Waals surface area contributed by atoms with Crippen molar-refractivity contribution in [3.8, 4) is 0 Å². The van der Waals surface area contributed by atoms with E-state index in [0.29, 0.717) is 0 Å². The number of rotatable bonds is 1. The maximum atomic E-state index is 7.00. The Balaban J connectivity index is 3.94. The van der Waals surface area contributed by atoms with Gasteiger partial charge in [-0.2, -0.15) is 0 Å². The van der Waals surface area contributed by atoms with Crippen molar-refractivity contribution in [3.63, 3.8) is 0 Å². The van der Waals surface area contributed by atoms with Crippen LogP contribution in [0.15, 0.2) is 21.5 Å². The van der Waals surface area contributed by atoms with E-state index in [1.165, 1.54) is 0 Å². The van der Waals surface area contributed by atoms with E-state index in [1.807, 2.05) is 41.4 Å². The summed E-state index contributed by atoms with van der Waals surface area (Å²) in [5.74, 6) is 0. The minimum absolute atomic E-state index is 0.723. The zero-order chi connectivity index (χ0) is 11.7. The summed E-state index contributed by atoms with van der Waals surface area (Å²) in [5.41, 5.74) is 0. The first-order valence-corrected chi connectivity index (χ1v) is 28.0. The third kappa shape index (κ3) is 3.37. The van der Waals surface area contributed by atoms with Gasteiger partial charge in [-0.1, -0.05) is 0 Å². The summed E-state index contributed by atoms with van der Waals surface area (Å²) >= 11 is 0. The molecular formula is C10H20Cl3Zr. The summed E-state index contributed by atoms with van der Waals surface area (Å²) in [6.45, 7) is 0. The van der Waals surface area contributed by atoms with Gasteiger partial charge in [0.1, 0.15) is 0 Å². The molecule has 1 aliphatic rings. The van der Waals surface area contributed by atoms with Gasteiger partial charge in [0.2, 0.25) is 0 Å². The van der Waals surface area contributed by atoms with E-state index in [4.69, 9.17) is 25.5 Å². The van der Waals surface area contributed by atoms with E-state index >= 15 is 0 Å². The zero-order valence-corrected chi connectivity index (χ0v) is 14.3. The quantitative estimate of drug-likeness (QED) is 0.522. The fourth-order valence-corrected chi connectivity index (χ4v) is 10.2. The molecule has 85 valence electrons. The first-order valence-electron chi connectivity index (χ1n) is 5.03. The van der Waals surface area contributed by atoms with Gasteiger partial charge in [0.05, 0.1) is 0 Å².